The van der Waals surface area contributed by atoms with Gasteiger partial charge >= 0.3 is 0 Å². The third kappa shape index (κ3) is 4.93. The third-order valence-corrected chi connectivity index (χ3v) is 4.49. The molecule has 122 valence electrons. The second-order valence-corrected chi connectivity index (χ2v) is 6.27. The van der Waals surface area contributed by atoms with Crippen LogP contribution in [-0.4, -0.2) is 36.9 Å². The van der Waals surface area contributed by atoms with Crippen molar-refractivity contribution in [1.82, 2.24) is 10.2 Å². The van der Waals surface area contributed by atoms with Gasteiger partial charge in [0.1, 0.15) is 0 Å². The van der Waals surface area contributed by atoms with Crippen molar-refractivity contribution in [2.24, 2.45) is 0 Å². The Morgan fingerprint density at radius 3 is 2.57 bits per heavy atom. The number of benzene rings is 1. The Kier molecular flexibility index (Phi) is 6.35. The number of nitrogens with zero attached hydrogens (tertiary/aromatic N) is 1. The molecule has 2 rings (SSSR count). The zero-order valence-corrected chi connectivity index (χ0v) is 14.3. The molecule has 1 unspecified atom stereocenters. The van der Waals surface area contributed by atoms with Gasteiger partial charge in [-0.05, 0) is 23.4 Å². The summed E-state index contributed by atoms with van der Waals surface area (Å²) in [7, 11) is 1.65. The molecule has 0 aliphatic rings. The Labute approximate surface area is 141 Å². The lowest BCUT2D eigenvalue weighted by molar-refractivity contribution is -0.121. The van der Waals surface area contributed by atoms with Crippen LogP contribution in [0.2, 0.25) is 0 Å². The fourth-order valence-corrected chi connectivity index (χ4v) is 3.04. The predicted octanol–water partition coefficient (Wildman–Crippen LogP) is 3.13. The van der Waals surface area contributed by atoms with Crippen LogP contribution in [0.25, 0.3) is 0 Å². The van der Waals surface area contributed by atoms with E-state index in [9.17, 15) is 9.59 Å². The van der Waals surface area contributed by atoms with Gasteiger partial charge in [0, 0.05) is 24.9 Å². The lowest BCUT2D eigenvalue weighted by atomic mass is 9.96. The topological polar surface area (TPSA) is 49.4 Å². The Hall–Kier alpha value is -2.14. The van der Waals surface area contributed by atoms with Crippen LogP contribution in [0.3, 0.4) is 0 Å². The molecule has 1 heterocycles. The molecule has 5 heteroatoms. The second kappa shape index (κ2) is 8.48. The molecular formula is C18H22N2O2S. The maximum Gasteiger partial charge on any atom is 0.254 e. The van der Waals surface area contributed by atoms with E-state index >= 15 is 0 Å². The van der Waals surface area contributed by atoms with Crippen molar-refractivity contribution >= 4 is 23.2 Å². The number of likely N-dealkylation sites (N-methyl/N-ethyl adjacent to an activating group) is 1. The molecule has 0 aliphatic carbocycles. The Morgan fingerprint density at radius 1 is 1.22 bits per heavy atom. The summed E-state index contributed by atoms with van der Waals surface area (Å²) >= 11 is 1.47. The largest absolute Gasteiger partial charge is 0.354 e. The third-order valence-electron chi connectivity index (χ3n) is 3.81. The molecule has 0 bridgehead atoms. The van der Waals surface area contributed by atoms with Crippen molar-refractivity contribution in [2.75, 3.05) is 20.1 Å². The number of amides is 2. The summed E-state index contributed by atoms with van der Waals surface area (Å²) in [5.41, 5.74) is 1.85. The first-order valence-electron chi connectivity index (χ1n) is 7.71. The maximum atomic E-state index is 12.1. The van der Waals surface area contributed by atoms with Crippen molar-refractivity contribution < 1.29 is 9.59 Å². The molecular weight excluding hydrogens is 308 g/mol. The molecule has 4 nitrogen and oxygen atoms in total. The van der Waals surface area contributed by atoms with Crippen molar-refractivity contribution in [3.63, 3.8) is 0 Å². The van der Waals surface area contributed by atoms with E-state index in [1.807, 2.05) is 23.6 Å². The fourth-order valence-electron chi connectivity index (χ4n) is 2.41. The van der Waals surface area contributed by atoms with E-state index in [1.165, 1.54) is 21.8 Å². The van der Waals surface area contributed by atoms with E-state index in [0.29, 0.717) is 12.1 Å². The second-order valence-electron chi connectivity index (χ2n) is 5.49. The highest BCUT2D eigenvalue weighted by molar-refractivity contribution is 7.08. The number of carbonyl (C=O) groups is 2. The van der Waals surface area contributed by atoms with Gasteiger partial charge in [0.25, 0.3) is 5.91 Å². The average Bonchev–Trinajstić information content (AvgIpc) is 3.10. The van der Waals surface area contributed by atoms with Gasteiger partial charge in [0.15, 0.2) is 0 Å². The molecule has 0 aliphatic heterocycles. The van der Waals surface area contributed by atoms with Crippen LogP contribution < -0.4 is 5.32 Å². The quantitative estimate of drug-likeness (QED) is 0.848. The van der Waals surface area contributed by atoms with E-state index in [1.54, 1.807) is 18.5 Å². The number of thiophene rings is 1. The molecule has 1 N–H and O–H groups in total. The highest BCUT2D eigenvalue weighted by atomic mass is 32.1. The molecule has 0 spiro atoms. The fraction of sp³-hybridized carbons (Fsp3) is 0.333. The van der Waals surface area contributed by atoms with Crippen LogP contribution in [0, 0.1) is 0 Å². The summed E-state index contributed by atoms with van der Waals surface area (Å²) in [4.78, 5) is 25.6. The number of hydrogen-bond donors (Lipinski definition) is 1. The van der Waals surface area contributed by atoms with E-state index in [4.69, 9.17) is 0 Å². The molecule has 2 aromatic rings. The minimum atomic E-state index is -0.134. The van der Waals surface area contributed by atoms with Gasteiger partial charge in [-0.3, -0.25) is 9.59 Å². The molecule has 0 radical (unpaired) electrons. The van der Waals surface area contributed by atoms with Gasteiger partial charge in [-0.1, -0.05) is 37.3 Å². The summed E-state index contributed by atoms with van der Waals surface area (Å²) < 4.78 is 0. The van der Waals surface area contributed by atoms with E-state index in [0.717, 1.165) is 6.42 Å². The van der Waals surface area contributed by atoms with Crippen LogP contribution in [0.1, 0.15) is 35.2 Å². The van der Waals surface area contributed by atoms with E-state index < -0.39 is 0 Å². The predicted molar refractivity (Wildman–Crippen MR) is 93.8 cm³/mol. The van der Waals surface area contributed by atoms with Gasteiger partial charge in [-0.15, -0.1) is 0 Å². The molecule has 2 amide bonds. The molecule has 23 heavy (non-hydrogen) atoms. The van der Waals surface area contributed by atoms with E-state index in [-0.39, 0.29) is 24.3 Å². The normalized spacial score (nSPS) is 11.7. The monoisotopic (exact) mass is 330 g/mol. The lowest BCUT2D eigenvalue weighted by Gasteiger charge is -2.19. The number of carbonyl (C=O) groups excluding carboxylic acids is 2. The molecule has 1 aromatic carbocycles. The summed E-state index contributed by atoms with van der Waals surface area (Å²) in [6.45, 7) is 2.76. The van der Waals surface area contributed by atoms with Crippen molar-refractivity contribution in [1.29, 1.82) is 0 Å². The van der Waals surface area contributed by atoms with Gasteiger partial charge < -0.3 is 10.2 Å². The SMILES string of the molecule is CCC(CNC(=O)CN(C)C(=O)c1ccsc1)c1ccccc1. The van der Waals surface area contributed by atoms with Crippen LogP contribution in [0.5, 0.6) is 0 Å². The number of hydrogen-bond acceptors (Lipinski definition) is 3. The Balaban J connectivity index is 1.83. The minimum absolute atomic E-state index is 0.0693. The standard InChI is InChI=1S/C18H22N2O2S/c1-3-14(15-7-5-4-6-8-15)11-19-17(21)12-20(2)18(22)16-9-10-23-13-16/h4-10,13-14H,3,11-12H2,1-2H3,(H,19,21). The lowest BCUT2D eigenvalue weighted by Crippen LogP contribution is -2.39. The summed E-state index contributed by atoms with van der Waals surface area (Å²) in [6, 6.07) is 11.9. The van der Waals surface area contributed by atoms with Gasteiger partial charge in [0.05, 0.1) is 12.1 Å². The van der Waals surface area contributed by atoms with Crippen molar-refractivity contribution in [3.05, 3.63) is 58.3 Å². The smallest absolute Gasteiger partial charge is 0.254 e. The molecule has 0 saturated heterocycles. The summed E-state index contributed by atoms with van der Waals surface area (Å²) in [5.74, 6) is 0.0278. The number of rotatable bonds is 7. The average molecular weight is 330 g/mol. The highest BCUT2D eigenvalue weighted by Gasteiger charge is 2.16. The first-order valence-corrected chi connectivity index (χ1v) is 8.65. The highest BCUT2D eigenvalue weighted by Crippen LogP contribution is 2.17. The van der Waals surface area contributed by atoms with Gasteiger partial charge in [0.2, 0.25) is 5.91 Å². The minimum Gasteiger partial charge on any atom is -0.354 e. The Morgan fingerprint density at radius 2 is 1.96 bits per heavy atom. The number of nitrogens with one attached hydrogen (secondary N) is 1. The summed E-state index contributed by atoms with van der Waals surface area (Å²) in [6.07, 6.45) is 0.952. The zero-order valence-electron chi connectivity index (χ0n) is 13.5. The van der Waals surface area contributed by atoms with Crippen LogP contribution in [0.15, 0.2) is 47.2 Å². The van der Waals surface area contributed by atoms with Crippen molar-refractivity contribution in [3.8, 4) is 0 Å². The maximum absolute atomic E-state index is 12.1. The molecule has 1 atom stereocenters. The first-order chi connectivity index (χ1) is 11.1. The van der Waals surface area contributed by atoms with Crippen LogP contribution in [0.4, 0.5) is 0 Å². The van der Waals surface area contributed by atoms with E-state index in [2.05, 4.69) is 24.4 Å². The molecule has 1 aromatic heterocycles. The van der Waals surface area contributed by atoms with Crippen LogP contribution in [-0.2, 0) is 4.79 Å². The molecule has 0 fully saturated rings. The van der Waals surface area contributed by atoms with Gasteiger partial charge in [-0.2, -0.15) is 11.3 Å². The molecule has 0 saturated carbocycles. The van der Waals surface area contributed by atoms with Crippen molar-refractivity contribution in [2.45, 2.75) is 19.3 Å². The zero-order chi connectivity index (χ0) is 16.7. The van der Waals surface area contributed by atoms with Crippen LogP contribution >= 0.6 is 11.3 Å². The first kappa shape index (κ1) is 17.2. The Bertz CT molecular complexity index is 626. The van der Waals surface area contributed by atoms with Gasteiger partial charge in [-0.25, -0.2) is 0 Å². The summed E-state index contributed by atoms with van der Waals surface area (Å²) in [5, 5.41) is 6.58.